The van der Waals surface area contributed by atoms with Gasteiger partial charge in [-0.1, -0.05) is 12.2 Å². The van der Waals surface area contributed by atoms with Crippen molar-refractivity contribution in [3.8, 4) is 0 Å². The quantitative estimate of drug-likeness (QED) is 0.0567. The van der Waals surface area contributed by atoms with Gasteiger partial charge in [0.15, 0.2) is 44.0 Å². The normalized spacial score (nSPS) is 43.6. The molecule has 14 bridgehead atoms. The van der Waals surface area contributed by atoms with Crippen LogP contribution in [0.15, 0.2) is 12.2 Å². The molecule has 37 nitrogen and oxygen atoms in total. The molecule has 21 saturated heterocycles. The van der Waals surface area contributed by atoms with Gasteiger partial charge < -0.3 is 176 Å². The van der Waals surface area contributed by atoms with Crippen molar-refractivity contribution >= 4 is 0 Å². The highest BCUT2D eigenvalue weighted by atomic mass is 16.8. The molecule has 35 atom stereocenters. The molecule has 1 N–H and O–H groups in total. The van der Waals surface area contributed by atoms with Gasteiger partial charge in [0, 0.05) is 162 Å². The number of methoxy groups -OCH3 is 21. The van der Waals surface area contributed by atoms with Crippen molar-refractivity contribution in [1.82, 2.24) is 5.32 Å². The van der Waals surface area contributed by atoms with E-state index in [1.807, 2.05) is 12.2 Å². The Morgan fingerprint density at radius 2 is 0.415 bits per heavy atom. The van der Waals surface area contributed by atoms with Gasteiger partial charge in [-0.25, -0.2) is 0 Å². The molecule has 0 aliphatic carbocycles. The van der Waals surface area contributed by atoms with Crippen LogP contribution in [-0.4, -0.2) is 437 Å². The highest BCUT2D eigenvalue weighted by Gasteiger charge is 2.62. The Labute approximate surface area is 622 Å². The molecule has 0 amide bonds. The van der Waals surface area contributed by atoms with Crippen LogP contribution < -0.4 is 5.32 Å². The second kappa shape index (κ2) is 46.0. The molecule has 106 heavy (non-hydrogen) atoms. The third kappa shape index (κ3) is 21.0. The minimum Gasteiger partial charge on any atom is -0.382 e. The van der Waals surface area contributed by atoms with Crippen LogP contribution in [0.5, 0.6) is 0 Å². The van der Waals surface area contributed by atoms with Gasteiger partial charge in [0.2, 0.25) is 0 Å². The van der Waals surface area contributed by atoms with Crippen molar-refractivity contribution in [1.29, 1.82) is 0 Å². The second-order valence-corrected chi connectivity index (χ2v) is 26.2. The lowest BCUT2D eigenvalue weighted by atomic mass is 9.94. The zero-order valence-electron chi connectivity index (χ0n) is 65.3. The predicted octanol–water partition coefficient (Wildman–Crippen LogP) is -1.33. The van der Waals surface area contributed by atoms with Crippen molar-refractivity contribution in [2.24, 2.45) is 0 Å². The molecule has 620 valence electrons. The van der Waals surface area contributed by atoms with E-state index in [0.29, 0.717) is 26.4 Å². The Bertz CT molecular complexity index is 2390. The van der Waals surface area contributed by atoms with Crippen LogP contribution in [0.4, 0.5) is 0 Å². The first-order valence-corrected chi connectivity index (χ1v) is 35.6. The molecule has 0 saturated carbocycles. The van der Waals surface area contributed by atoms with Crippen molar-refractivity contribution in [3.63, 3.8) is 0 Å². The van der Waals surface area contributed by atoms with Crippen molar-refractivity contribution < 1.29 is 171 Å². The third-order valence-electron chi connectivity index (χ3n) is 20.4. The van der Waals surface area contributed by atoms with Crippen LogP contribution in [0.1, 0.15) is 0 Å². The van der Waals surface area contributed by atoms with E-state index in [0.717, 1.165) is 0 Å². The maximum atomic E-state index is 7.20. The third-order valence-corrected chi connectivity index (χ3v) is 20.4. The molecule has 0 aromatic rings. The Morgan fingerprint density at radius 3 is 0.604 bits per heavy atom. The van der Waals surface area contributed by atoms with E-state index in [-0.39, 0.29) is 46.2 Å². The van der Waals surface area contributed by atoms with E-state index in [1.54, 1.807) is 7.11 Å². The fourth-order valence-electron chi connectivity index (χ4n) is 15.5. The predicted molar refractivity (Wildman–Crippen MR) is 362 cm³/mol. The molecule has 37 heteroatoms. The molecular formula is C69H123NO36. The number of nitrogens with one attached hydrogen (secondary N) is 1. The first kappa shape index (κ1) is 89.8. The van der Waals surface area contributed by atoms with Gasteiger partial charge in [0.25, 0.3) is 0 Å². The molecule has 21 aliphatic heterocycles. The van der Waals surface area contributed by atoms with Gasteiger partial charge in [-0.15, -0.1) is 0 Å². The largest absolute Gasteiger partial charge is 0.382 e. The Balaban J connectivity index is 1.24. The van der Waals surface area contributed by atoms with Gasteiger partial charge >= 0.3 is 0 Å². The fourth-order valence-corrected chi connectivity index (χ4v) is 15.5. The van der Waals surface area contributed by atoms with Gasteiger partial charge in [0.1, 0.15) is 171 Å². The van der Waals surface area contributed by atoms with Crippen LogP contribution in [0.3, 0.4) is 0 Å². The number of hydrogen-bond donors (Lipinski definition) is 1. The Morgan fingerprint density at radius 1 is 0.217 bits per heavy atom. The van der Waals surface area contributed by atoms with E-state index in [1.165, 1.54) is 142 Å². The first-order valence-electron chi connectivity index (χ1n) is 35.6. The van der Waals surface area contributed by atoms with E-state index in [4.69, 9.17) is 171 Å². The first-order chi connectivity index (χ1) is 51.7. The topological polar surface area (TPSA) is 344 Å². The molecule has 21 fully saturated rings. The average Bonchev–Trinajstić information content (AvgIpc) is 0.766. The lowest BCUT2D eigenvalue weighted by molar-refractivity contribution is -0.402. The molecular weight excluding hydrogens is 1420 g/mol. The van der Waals surface area contributed by atoms with Gasteiger partial charge in [-0.3, -0.25) is 0 Å². The van der Waals surface area contributed by atoms with E-state index < -0.39 is 215 Å². The van der Waals surface area contributed by atoms with E-state index in [9.17, 15) is 0 Å². The van der Waals surface area contributed by atoms with Crippen molar-refractivity contribution in [2.75, 3.05) is 222 Å². The molecule has 21 aliphatic rings. The summed E-state index contributed by atoms with van der Waals surface area (Å²) >= 11 is 0. The summed E-state index contributed by atoms with van der Waals surface area (Å²) < 4.78 is 233. The van der Waals surface area contributed by atoms with E-state index >= 15 is 0 Å². The van der Waals surface area contributed by atoms with Gasteiger partial charge in [-0.2, -0.15) is 0 Å². The summed E-state index contributed by atoms with van der Waals surface area (Å²) in [6.45, 7) is 1.51. The highest BCUT2D eigenvalue weighted by molar-refractivity contribution is 5.05. The van der Waals surface area contributed by atoms with E-state index in [2.05, 4.69) is 5.32 Å². The number of hydrogen-bond acceptors (Lipinski definition) is 37. The lowest BCUT2D eigenvalue weighted by Crippen LogP contribution is -2.69. The summed E-state index contributed by atoms with van der Waals surface area (Å²) in [6.07, 6.45) is -32.5. The molecule has 0 spiro atoms. The fraction of sp³-hybridized carbons (Fsp3) is 0.971. The maximum absolute atomic E-state index is 7.20. The van der Waals surface area contributed by atoms with Crippen LogP contribution in [-0.2, 0) is 171 Å². The summed E-state index contributed by atoms with van der Waals surface area (Å²) in [6, 6.07) is 0. The van der Waals surface area contributed by atoms with Crippen LogP contribution >= 0.6 is 0 Å². The smallest absolute Gasteiger partial charge is 0.187 e. The summed E-state index contributed by atoms with van der Waals surface area (Å²) in [4.78, 5) is 0. The van der Waals surface area contributed by atoms with Crippen molar-refractivity contribution in [2.45, 2.75) is 215 Å². The van der Waals surface area contributed by atoms with Gasteiger partial charge in [0.05, 0.1) is 59.5 Å². The number of ether oxygens (including phenoxy) is 36. The zero-order valence-corrected chi connectivity index (χ0v) is 65.3. The summed E-state index contributed by atoms with van der Waals surface area (Å²) in [5.41, 5.74) is 0. The summed E-state index contributed by atoms with van der Waals surface area (Å²) in [5, 5.41) is 3.49. The molecule has 21 rings (SSSR count). The number of rotatable bonds is 35. The molecule has 0 aromatic heterocycles. The lowest BCUT2D eigenvalue weighted by Gasteiger charge is -2.52. The van der Waals surface area contributed by atoms with Crippen molar-refractivity contribution in [3.05, 3.63) is 12.2 Å². The zero-order chi connectivity index (χ0) is 76.6. The second-order valence-electron chi connectivity index (χ2n) is 26.2. The van der Waals surface area contributed by atoms with Crippen LogP contribution in [0.2, 0.25) is 0 Å². The molecule has 21 heterocycles. The molecule has 0 unspecified atom stereocenters. The SMILES string of the molecule is COCCOCC=CCNC[C@H]1O[C@@H]2O[C@H]3[C@H](OC)[C@@H](OC)[C@@H](O[C@H]4[C@H](OC)[C@@H](OC)[C@@H](O[C@H]5[C@H](OC)[C@@H](OC)[C@@H](O[C@H]6[C@H](OC)[C@@H](OC)[C@@H](O[C@H]7[C@H](OC)[C@@H](OC)[C@@H](O[C@H]8[C@H](OC)[C@@H](OC)[C@@H](O[C@H]1[C@H](OC)[C@H]2OC)O[C@@H]8COC)O[C@@H]7COC)O[C@@H]6COC)O[C@@H]5COC)O[C@@H]4COC)O[C@@H]3COC. The van der Waals surface area contributed by atoms with Gasteiger partial charge in [-0.05, 0) is 0 Å². The molecule has 0 radical (unpaired) electrons. The van der Waals surface area contributed by atoms with Crippen LogP contribution in [0, 0.1) is 0 Å². The minimum absolute atomic E-state index is 0.0431. The standard InChI is InChI=1S/C69H123NO36/c1-71-26-27-92-25-23-22-24-70-28-35-42-49(78-8)56(85-15)63(93-35)101-43-36(29-72-2)95-65(58(87-17)50(43)79-9)103-45-38(31-74-4)97-67(60(89-19)52(45)81-11)105-47-40(33-76-6)99-69(62(91-21)54(47)83-13)106-48-41(34-77-7)98-68(61(90-20)55(48)84-14)104-46-39(32-75-5)96-66(59(88-18)53(46)82-12)102-44-37(30-73-3)94-64(100-42)57(86-16)51(44)80-10/h22-23,35-70H,24-34H2,1-21H3/t35-,36-,37-,38-,39-,40-,41-,42-,43-,44-,45-,46-,47-,48-,49+,50+,51+,52+,53+,54+,55+,56-,57-,58-,59-,60-,61-,62-,63-,64-,65-,66-,67-,68-,69-/m1/s1. The Hall–Kier alpha value is -1.74. The highest BCUT2D eigenvalue weighted by Crippen LogP contribution is 2.43. The maximum Gasteiger partial charge on any atom is 0.187 e. The monoisotopic (exact) mass is 1540 g/mol. The average molecular weight is 1540 g/mol. The summed E-state index contributed by atoms with van der Waals surface area (Å²) in [7, 11) is 31.9. The molecule has 0 aromatic carbocycles. The Kier molecular flexibility index (Phi) is 38.9. The minimum atomic E-state index is -1.24. The van der Waals surface area contributed by atoms with Crippen LogP contribution in [0.25, 0.3) is 0 Å². The summed E-state index contributed by atoms with van der Waals surface area (Å²) in [5.74, 6) is 0.